The van der Waals surface area contributed by atoms with Crippen molar-refractivity contribution in [1.29, 1.82) is 0 Å². The Hall–Kier alpha value is 0.790. The minimum atomic E-state index is -0.750. The van der Waals surface area contributed by atoms with E-state index in [0.29, 0.717) is 6.61 Å². The summed E-state index contributed by atoms with van der Waals surface area (Å²) in [7, 11) is 0. The molecule has 0 aliphatic carbocycles. The predicted molar refractivity (Wildman–Crippen MR) is 51.3 cm³/mol. The zero-order valence-electron chi connectivity index (χ0n) is 6.27. The van der Waals surface area contributed by atoms with Crippen molar-refractivity contribution in [3.63, 3.8) is 0 Å². The van der Waals surface area contributed by atoms with Crippen LogP contribution in [0.2, 0.25) is 0 Å². The van der Waals surface area contributed by atoms with Crippen molar-refractivity contribution in [3.05, 3.63) is 0 Å². The monoisotopic (exact) mass is 221 g/mol. The Labute approximate surface area is 82.6 Å². The van der Waals surface area contributed by atoms with Gasteiger partial charge in [-0.15, -0.1) is 0 Å². The van der Waals surface area contributed by atoms with E-state index in [4.69, 9.17) is 45.6 Å². The summed E-state index contributed by atoms with van der Waals surface area (Å²) in [4.78, 5) is 0. The van der Waals surface area contributed by atoms with E-state index in [0.717, 1.165) is 25.8 Å². The van der Waals surface area contributed by atoms with Gasteiger partial charge in [-0.05, 0) is 25.8 Å². The normalized spacial score (nSPS) is 9.27. The summed E-state index contributed by atoms with van der Waals surface area (Å²) in [5, 5.41) is 8.25. The van der Waals surface area contributed by atoms with Gasteiger partial charge in [0.25, 0.3) is 0 Å². The summed E-state index contributed by atoms with van der Waals surface area (Å²) in [6, 6.07) is 0. The van der Waals surface area contributed by atoms with Gasteiger partial charge >= 0.3 is 0 Å². The number of rotatable bonds is 4. The molecule has 0 aliphatic rings. The summed E-state index contributed by atoms with van der Waals surface area (Å²) < 4.78 is -0.750. The first kappa shape index (κ1) is 14.3. The van der Waals surface area contributed by atoms with Gasteiger partial charge in [-0.2, -0.15) is 0 Å². The molecule has 0 saturated heterocycles. The van der Waals surface area contributed by atoms with Gasteiger partial charge in [0.15, 0.2) is 4.30 Å². The van der Waals surface area contributed by atoms with Crippen LogP contribution >= 0.6 is 34.8 Å². The van der Waals surface area contributed by atoms with Gasteiger partial charge in [-0.1, -0.05) is 34.8 Å². The molecule has 0 fully saturated rings. The minimum Gasteiger partial charge on any atom is -0.396 e. The Bertz CT molecular complexity index is 57.0. The maximum Gasteiger partial charge on any atom is 0.180 e. The SMILES string of the molecule is ClC(Cl)Cl.NCCCCCO. The number of hydrogen-bond acceptors (Lipinski definition) is 2. The number of aliphatic hydroxyl groups excluding tert-OH is 1. The van der Waals surface area contributed by atoms with Gasteiger partial charge in [0.05, 0.1) is 0 Å². The Morgan fingerprint density at radius 2 is 1.55 bits per heavy atom. The average molecular weight is 223 g/mol. The van der Waals surface area contributed by atoms with Crippen LogP contribution in [0.15, 0.2) is 0 Å². The second kappa shape index (κ2) is 13.4. The van der Waals surface area contributed by atoms with Gasteiger partial charge in [-0.3, -0.25) is 0 Å². The molecule has 0 atom stereocenters. The molecule has 0 aromatic heterocycles. The highest BCUT2D eigenvalue weighted by Gasteiger charge is 1.81. The van der Waals surface area contributed by atoms with E-state index in [1.54, 1.807) is 0 Å². The van der Waals surface area contributed by atoms with Crippen LogP contribution < -0.4 is 5.73 Å². The Kier molecular flexibility index (Phi) is 17.4. The number of nitrogens with two attached hydrogens (primary N) is 1. The molecule has 0 amide bonds. The lowest BCUT2D eigenvalue weighted by Gasteiger charge is -1.90. The van der Waals surface area contributed by atoms with E-state index in [9.17, 15) is 0 Å². The van der Waals surface area contributed by atoms with Crippen molar-refractivity contribution < 1.29 is 5.11 Å². The lowest BCUT2D eigenvalue weighted by molar-refractivity contribution is 0.283. The third-order valence-electron chi connectivity index (χ3n) is 0.862. The van der Waals surface area contributed by atoms with E-state index < -0.39 is 4.30 Å². The zero-order chi connectivity index (χ0) is 9.11. The van der Waals surface area contributed by atoms with Crippen molar-refractivity contribution in [1.82, 2.24) is 0 Å². The fraction of sp³-hybridized carbons (Fsp3) is 1.00. The van der Waals surface area contributed by atoms with Crippen LogP contribution in [0.4, 0.5) is 0 Å². The average Bonchev–Trinajstić information content (AvgIpc) is 1.88. The summed E-state index contributed by atoms with van der Waals surface area (Å²) >= 11 is 14.4. The molecular formula is C6H14Cl3NO. The predicted octanol–water partition coefficient (Wildman–Crippen LogP) is 2.09. The van der Waals surface area contributed by atoms with Crippen LogP contribution in [0.3, 0.4) is 0 Å². The van der Waals surface area contributed by atoms with Gasteiger partial charge in [0.2, 0.25) is 0 Å². The molecule has 70 valence electrons. The van der Waals surface area contributed by atoms with Gasteiger partial charge in [-0.25, -0.2) is 0 Å². The van der Waals surface area contributed by atoms with Crippen LogP contribution in [0.25, 0.3) is 0 Å². The Morgan fingerprint density at radius 3 is 1.82 bits per heavy atom. The first-order chi connectivity index (χ1) is 5.15. The molecule has 2 nitrogen and oxygen atoms in total. The first-order valence-electron chi connectivity index (χ1n) is 3.38. The fourth-order valence-corrected chi connectivity index (χ4v) is 0.433. The Balaban J connectivity index is 0. The first-order valence-corrected chi connectivity index (χ1v) is 4.69. The highest BCUT2D eigenvalue weighted by molar-refractivity contribution is 6.63. The molecule has 11 heavy (non-hydrogen) atoms. The van der Waals surface area contributed by atoms with Crippen molar-refractivity contribution >= 4 is 34.8 Å². The molecule has 5 heteroatoms. The number of unbranched alkanes of at least 4 members (excludes halogenated alkanes) is 2. The van der Waals surface area contributed by atoms with Gasteiger partial charge in [0.1, 0.15) is 0 Å². The largest absolute Gasteiger partial charge is 0.396 e. The third kappa shape index (κ3) is 36.3. The molecule has 0 aliphatic heterocycles. The summed E-state index contributed by atoms with van der Waals surface area (Å²) in [5.74, 6) is 0. The maximum atomic E-state index is 8.25. The molecule has 0 bridgehead atoms. The molecule has 0 radical (unpaired) electrons. The smallest absolute Gasteiger partial charge is 0.180 e. The molecule has 0 unspecified atom stereocenters. The summed E-state index contributed by atoms with van der Waals surface area (Å²) in [5.41, 5.74) is 5.19. The molecule has 0 aromatic rings. The molecule has 0 saturated carbocycles. The topological polar surface area (TPSA) is 46.2 Å². The number of hydrogen-bond donors (Lipinski definition) is 2. The molecule has 3 N–H and O–H groups in total. The highest BCUT2D eigenvalue weighted by atomic mass is 35.6. The lowest BCUT2D eigenvalue weighted by atomic mass is 10.2. The quantitative estimate of drug-likeness (QED) is 0.565. The molecule has 0 spiro atoms. The molecular weight excluding hydrogens is 208 g/mol. The molecule has 0 rings (SSSR count). The van der Waals surface area contributed by atoms with Crippen LogP contribution in [-0.4, -0.2) is 22.6 Å². The summed E-state index contributed by atoms with van der Waals surface area (Å²) in [6.07, 6.45) is 3.00. The van der Waals surface area contributed by atoms with E-state index in [1.165, 1.54) is 0 Å². The number of halogens is 3. The standard InChI is InChI=1S/C5H13NO.CHCl3/c6-4-2-1-3-5-7;2-1(3)4/h7H,1-6H2;1H. The van der Waals surface area contributed by atoms with Crippen LogP contribution in [-0.2, 0) is 0 Å². The second-order valence-electron chi connectivity index (χ2n) is 1.82. The molecule has 0 heterocycles. The maximum absolute atomic E-state index is 8.25. The highest BCUT2D eigenvalue weighted by Crippen LogP contribution is 2.03. The minimum absolute atomic E-state index is 0.306. The van der Waals surface area contributed by atoms with Crippen LogP contribution in [0.1, 0.15) is 19.3 Å². The van der Waals surface area contributed by atoms with Crippen molar-refractivity contribution in [2.45, 2.75) is 23.6 Å². The van der Waals surface area contributed by atoms with E-state index in [-0.39, 0.29) is 0 Å². The summed E-state index contributed by atoms with van der Waals surface area (Å²) in [6.45, 7) is 1.06. The van der Waals surface area contributed by atoms with Crippen LogP contribution in [0.5, 0.6) is 0 Å². The Morgan fingerprint density at radius 1 is 1.09 bits per heavy atom. The molecule has 0 aromatic carbocycles. The van der Waals surface area contributed by atoms with Crippen molar-refractivity contribution in [2.75, 3.05) is 13.2 Å². The lowest BCUT2D eigenvalue weighted by Crippen LogP contribution is -1.98. The van der Waals surface area contributed by atoms with Crippen molar-refractivity contribution in [2.24, 2.45) is 5.73 Å². The van der Waals surface area contributed by atoms with Gasteiger partial charge < -0.3 is 10.8 Å². The van der Waals surface area contributed by atoms with E-state index in [1.807, 2.05) is 0 Å². The fourth-order valence-electron chi connectivity index (χ4n) is 0.433. The van der Waals surface area contributed by atoms with Gasteiger partial charge in [0, 0.05) is 6.61 Å². The van der Waals surface area contributed by atoms with Crippen LogP contribution in [0, 0.1) is 0 Å². The number of alkyl halides is 3. The third-order valence-corrected chi connectivity index (χ3v) is 0.862. The van der Waals surface area contributed by atoms with E-state index in [2.05, 4.69) is 0 Å². The second-order valence-corrected chi connectivity index (χ2v) is 3.80. The van der Waals surface area contributed by atoms with Crippen molar-refractivity contribution in [3.8, 4) is 0 Å². The number of aliphatic hydroxyl groups is 1. The van der Waals surface area contributed by atoms with E-state index >= 15 is 0 Å². The zero-order valence-corrected chi connectivity index (χ0v) is 8.54.